The van der Waals surface area contributed by atoms with Gasteiger partial charge in [0.1, 0.15) is 0 Å². The summed E-state index contributed by atoms with van der Waals surface area (Å²) in [5, 5.41) is 9.16. The van der Waals surface area contributed by atoms with E-state index in [0.717, 1.165) is 25.7 Å². The molecule has 0 aromatic heterocycles. The predicted octanol–water partition coefficient (Wildman–Crippen LogP) is 1.99. The number of sulfonamides is 1. The zero-order valence-electron chi connectivity index (χ0n) is 10.9. The molecule has 1 saturated heterocycles. The molecule has 2 unspecified atom stereocenters. The van der Waals surface area contributed by atoms with Crippen molar-refractivity contribution < 1.29 is 8.42 Å². The summed E-state index contributed by atoms with van der Waals surface area (Å²) in [5.74, 6) is 0.322. The lowest BCUT2D eigenvalue weighted by molar-refractivity contribution is 0.207. The summed E-state index contributed by atoms with van der Waals surface area (Å²) >= 11 is 0. The minimum Gasteiger partial charge on any atom is -0.213 e. The molecule has 0 radical (unpaired) electrons. The fraction of sp³-hybridized carbons (Fsp3) is 0.917. The van der Waals surface area contributed by atoms with Gasteiger partial charge < -0.3 is 0 Å². The van der Waals surface area contributed by atoms with E-state index in [1.807, 2.05) is 13.8 Å². The van der Waals surface area contributed by atoms with Crippen LogP contribution < -0.4 is 0 Å². The number of rotatable bonds is 4. The number of nitrogens with zero attached hydrogens (tertiary/aromatic N) is 2. The van der Waals surface area contributed by atoms with Crippen molar-refractivity contribution in [3.8, 4) is 6.07 Å². The van der Waals surface area contributed by atoms with Crippen molar-refractivity contribution in [2.45, 2.75) is 39.5 Å². The molecular formula is C12H22N2O2S. The molecule has 0 aliphatic carbocycles. The molecule has 1 aliphatic heterocycles. The van der Waals surface area contributed by atoms with E-state index in [4.69, 9.17) is 5.26 Å². The van der Waals surface area contributed by atoms with Gasteiger partial charge in [0.15, 0.2) is 0 Å². The number of hydrogen-bond acceptors (Lipinski definition) is 3. The summed E-state index contributed by atoms with van der Waals surface area (Å²) in [6.45, 7) is 5.19. The topological polar surface area (TPSA) is 61.2 Å². The highest BCUT2D eigenvalue weighted by Crippen LogP contribution is 2.33. The molecule has 0 saturated carbocycles. The van der Waals surface area contributed by atoms with Crippen LogP contribution in [0, 0.1) is 22.7 Å². The molecule has 0 aromatic rings. The van der Waals surface area contributed by atoms with Gasteiger partial charge in [-0.3, -0.25) is 0 Å². The van der Waals surface area contributed by atoms with Crippen LogP contribution in [0.2, 0.25) is 0 Å². The van der Waals surface area contributed by atoms with E-state index in [1.54, 1.807) is 4.31 Å². The van der Waals surface area contributed by atoms with Crippen LogP contribution in [0.4, 0.5) is 0 Å². The molecule has 5 heteroatoms. The SMILES string of the molecule is CCC(C)(C#N)CC1CCCN(S(C)(=O)=O)C1. The zero-order valence-corrected chi connectivity index (χ0v) is 11.8. The Bertz CT molecular complexity index is 399. The van der Waals surface area contributed by atoms with Gasteiger partial charge in [-0.25, -0.2) is 12.7 Å². The fourth-order valence-electron chi connectivity index (χ4n) is 2.40. The molecular weight excluding hydrogens is 236 g/mol. The van der Waals surface area contributed by atoms with Gasteiger partial charge in [0.05, 0.1) is 17.7 Å². The first-order valence-corrected chi connectivity index (χ1v) is 8.02. The van der Waals surface area contributed by atoms with Gasteiger partial charge in [-0.2, -0.15) is 5.26 Å². The number of piperidine rings is 1. The summed E-state index contributed by atoms with van der Waals surface area (Å²) in [6.07, 6.45) is 4.82. The summed E-state index contributed by atoms with van der Waals surface area (Å²) in [5.41, 5.74) is -0.314. The van der Waals surface area contributed by atoms with Crippen molar-refractivity contribution in [1.82, 2.24) is 4.31 Å². The van der Waals surface area contributed by atoms with Crippen LogP contribution in [0.1, 0.15) is 39.5 Å². The van der Waals surface area contributed by atoms with Gasteiger partial charge in [0.25, 0.3) is 0 Å². The van der Waals surface area contributed by atoms with Crippen LogP contribution in [0.15, 0.2) is 0 Å². The summed E-state index contributed by atoms with van der Waals surface area (Å²) in [7, 11) is -3.08. The van der Waals surface area contributed by atoms with E-state index in [9.17, 15) is 8.42 Å². The van der Waals surface area contributed by atoms with Crippen LogP contribution in [0.25, 0.3) is 0 Å². The highest BCUT2D eigenvalue weighted by atomic mass is 32.2. The molecule has 1 aliphatic rings. The lowest BCUT2D eigenvalue weighted by atomic mass is 9.78. The van der Waals surface area contributed by atoms with Crippen LogP contribution in [-0.4, -0.2) is 32.1 Å². The Morgan fingerprint density at radius 2 is 2.18 bits per heavy atom. The molecule has 0 spiro atoms. The Balaban J connectivity index is 2.66. The van der Waals surface area contributed by atoms with E-state index in [0.29, 0.717) is 19.0 Å². The number of hydrogen-bond donors (Lipinski definition) is 0. The van der Waals surface area contributed by atoms with Gasteiger partial charge in [-0.05, 0) is 38.5 Å². The minimum absolute atomic E-state index is 0.314. The largest absolute Gasteiger partial charge is 0.213 e. The van der Waals surface area contributed by atoms with Crippen molar-refractivity contribution in [2.75, 3.05) is 19.3 Å². The van der Waals surface area contributed by atoms with Gasteiger partial charge in [0, 0.05) is 13.1 Å². The van der Waals surface area contributed by atoms with Crippen LogP contribution in [-0.2, 0) is 10.0 Å². The van der Waals surface area contributed by atoms with Crippen molar-refractivity contribution in [3.63, 3.8) is 0 Å². The van der Waals surface area contributed by atoms with Gasteiger partial charge >= 0.3 is 0 Å². The molecule has 0 aromatic carbocycles. The molecule has 4 nitrogen and oxygen atoms in total. The Kier molecular flexibility index (Phi) is 4.56. The van der Waals surface area contributed by atoms with E-state index in [1.165, 1.54) is 6.26 Å². The molecule has 1 heterocycles. The molecule has 17 heavy (non-hydrogen) atoms. The van der Waals surface area contributed by atoms with Crippen LogP contribution >= 0.6 is 0 Å². The molecule has 2 atom stereocenters. The van der Waals surface area contributed by atoms with Gasteiger partial charge in [-0.1, -0.05) is 6.92 Å². The maximum atomic E-state index is 11.5. The monoisotopic (exact) mass is 258 g/mol. The molecule has 0 N–H and O–H groups in total. The first-order chi connectivity index (χ1) is 7.80. The van der Waals surface area contributed by atoms with Gasteiger partial charge in [-0.15, -0.1) is 0 Å². The third-order valence-corrected chi connectivity index (χ3v) is 5.01. The smallest absolute Gasteiger partial charge is 0.211 e. The van der Waals surface area contributed by atoms with E-state index < -0.39 is 10.0 Å². The molecule has 0 bridgehead atoms. The number of nitriles is 1. The molecule has 1 rings (SSSR count). The lowest BCUT2D eigenvalue weighted by Crippen LogP contribution is -2.40. The Morgan fingerprint density at radius 3 is 2.65 bits per heavy atom. The third kappa shape index (κ3) is 3.97. The van der Waals surface area contributed by atoms with Crippen molar-refractivity contribution in [1.29, 1.82) is 5.26 Å². The van der Waals surface area contributed by atoms with Crippen LogP contribution in [0.3, 0.4) is 0 Å². The molecule has 1 fully saturated rings. The second-order valence-electron chi connectivity index (χ2n) is 5.36. The third-order valence-electron chi connectivity index (χ3n) is 3.74. The molecule has 98 valence electrons. The maximum absolute atomic E-state index is 11.5. The Hall–Kier alpha value is -0.600. The van der Waals surface area contributed by atoms with Crippen LogP contribution in [0.5, 0.6) is 0 Å². The lowest BCUT2D eigenvalue weighted by Gasteiger charge is -2.34. The molecule has 0 amide bonds. The second-order valence-corrected chi connectivity index (χ2v) is 7.34. The van der Waals surface area contributed by atoms with Crippen molar-refractivity contribution in [2.24, 2.45) is 11.3 Å². The maximum Gasteiger partial charge on any atom is 0.211 e. The average Bonchev–Trinajstić information content (AvgIpc) is 2.28. The quantitative estimate of drug-likeness (QED) is 0.774. The van der Waals surface area contributed by atoms with Crippen molar-refractivity contribution in [3.05, 3.63) is 0 Å². The first-order valence-electron chi connectivity index (χ1n) is 6.17. The van der Waals surface area contributed by atoms with E-state index in [-0.39, 0.29) is 5.41 Å². The van der Waals surface area contributed by atoms with E-state index >= 15 is 0 Å². The van der Waals surface area contributed by atoms with Crippen molar-refractivity contribution >= 4 is 10.0 Å². The van der Waals surface area contributed by atoms with E-state index in [2.05, 4.69) is 6.07 Å². The second kappa shape index (κ2) is 5.36. The predicted molar refractivity (Wildman–Crippen MR) is 67.8 cm³/mol. The highest BCUT2D eigenvalue weighted by Gasteiger charge is 2.31. The summed E-state index contributed by atoms with van der Waals surface area (Å²) in [6, 6.07) is 2.36. The highest BCUT2D eigenvalue weighted by molar-refractivity contribution is 7.88. The normalized spacial score (nSPS) is 26.1. The zero-order chi connectivity index (χ0) is 13.1. The average molecular weight is 258 g/mol. The minimum atomic E-state index is -3.08. The summed E-state index contributed by atoms with van der Waals surface area (Å²) < 4.78 is 24.5. The fourth-order valence-corrected chi connectivity index (χ4v) is 3.34. The Morgan fingerprint density at radius 1 is 1.53 bits per heavy atom. The van der Waals surface area contributed by atoms with Gasteiger partial charge in [0.2, 0.25) is 10.0 Å². The standard InChI is InChI=1S/C12H22N2O2S/c1-4-12(2,10-13)8-11-6-5-7-14(9-11)17(3,15)16/h11H,4-9H2,1-3H3. The summed E-state index contributed by atoms with van der Waals surface area (Å²) in [4.78, 5) is 0. The first kappa shape index (κ1) is 14.5. The Labute approximate surface area is 105 Å².